The van der Waals surface area contributed by atoms with Crippen LogP contribution < -0.4 is 5.32 Å². The van der Waals surface area contributed by atoms with Crippen LogP contribution in [-0.2, 0) is 4.79 Å². The quantitative estimate of drug-likeness (QED) is 0.825. The van der Waals surface area contributed by atoms with Crippen LogP contribution in [0.2, 0.25) is 0 Å². The van der Waals surface area contributed by atoms with E-state index in [9.17, 15) is 4.79 Å². The molecule has 1 rings (SSSR count). The zero-order chi connectivity index (χ0) is 13.1. The Balaban J connectivity index is 2.58. The number of carbonyl (C=O) groups is 1. The average Bonchev–Trinajstić information content (AvgIpc) is 2.27. The molecule has 0 amide bonds. The monoisotopic (exact) mass is 235 g/mol. The molecule has 3 heteroatoms. The minimum Gasteiger partial charge on any atom is -0.481 e. The van der Waals surface area contributed by atoms with E-state index in [0.29, 0.717) is 6.54 Å². The van der Waals surface area contributed by atoms with Gasteiger partial charge in [-0.3, -0.25) is 4.79 Å². The molecule has 0 radical (unpaired) electrons. The van der Waals surface area contributed by atoms with Crippen molar-refractivity contribution < 1.29 is 9.90 Å². The molecule has 1 atom stereocenters. The molecule has 0 aliphatic carbocycles. The standard InChI is InChI=1S/C14H21NO2/c1-10-5-7-12(8-6-10)11(2)15-9-14(3,4)13(16)17/h5-8,11,15H,9H2,1-4H3,(H,16,17). The molecule has 3 nitrogen and oxygen atoms in total. The van der Waals surface area contributed by atoms with Crippen molar-refractivity contribution in [2.75, 3.05) is 6.54 Å². The lowest BCUT2D eigenvalue weighted by molar-refractivity contribution is -0.146. The molecule has 0 fully saturated rings. The molecule has 0 bridgehead atoms. The first-order valence-electron chi connectivity index (χ1n) is 5.86. The van der Waals surface area contributed by atoms with Crippen LogP contribution in [0.15, 0.2) is 24.3 Å². The lowest BCUT2D eigenvalue weighted by Crippen LogP contribution is -2.37. The van der Waals surface area contributed by atoms with E-state index in [2.05, 4.69) is 36.5 Å². The summed E-state index contributed by atoms with van der Waals surface area (Å²) in [6.45, 7) is 8.00. The Morgan fingerprint density at radius 3 is 2.35 bits per heavy atom. The van der Waals surface area contributed by atoms with Crippen LogP contribution in [0.5, 0.6) is 0 Å². The fraction of sp³-hybridized carbons (Fsp3) is 0.500. The number of aliphatic carboxylic acids is 1. The van der Waals surface area contributed by atoms with Crippen molar-refractivity contribution in [3.63, 3.8) is 0 Å². The lowest BCUT2D eigenvalue weighted by Gasteiger charge is -2.23. The summed E-state index contributed by atoms with van der Waals surface area (Å²) < 4.78 is 0. The van der Waals surface area contributed by atoms with Gasteiger partial charge in [0.2, 0.25) is 0 Å². The van der Waals surface area contributed by atoms with E-state index in [1.165, 1.54) is 11.1 Å². The van der Waals surface area contributed by atoms with E-state index < -0.39 is 11.4 Å². The summed E-state index contributed by atoms with van der Waals surface area (Å²) in [4.78, 5) is 11.0. The first kappa shape index (κ1) is 13.7. The van der Waals surface area contributed by atoms with Crippen LogP contribution >= 0.6 is 0 Å². The second-order valence-electron chi connectivity index (χ2n) is 5.20. The van der Waals surface area contributed by atoms with Gasteiger partial charge < -0.3 is 10.4 Å². The molecule has 1 aromatic rings. The van der Waals surface area contributed by atoms with Gasteiger partial charge in [0.15, 0.2) is 0 Å². The molecule has 0 spiro atoms. The number of carboxylic acid groups (broad SMARTS) is 1. The summed E-state index contributed by atoms with van der Waals surface area (Å²) in [5.74, 6) is -0.777. The molecule has 2 N–H and O–H groups in total. The zero-order valence-electron chi connectivity index (χ0n) is 10.9. The maximum absolute atomic E-state index is 11.0. The Bertz CT molecular complexity index is 382. The maximum atomic E-state index is 11.0. The van der Waals surface area contributed by atoms with Crippen molar-refractivity contribution in [3.8, 4) is 0 Å². The summed E-state index contributed by atoms with van der Waals surface area (Å²) in [7, 11) is 0. The van der Waals surface area contributed by atoms with Crippen molar-refractivity contribution in [2.24, 2.45) is 5.41 Å². The minimum atomic E-state index is -0.777. The van der Waals surface area contributed by atoms with Crippen LogP contribution in [0.25, 0.3) is 0 Å². The van der Waals surface area contributed by atoms with Gasteiger partial charge in [-0.25, -0.2) is 0 Å². The Hall–Kier alpha value is -1.35. The van der Waals surface area contributed by atoms with E-state index in [0.717, 1.165) is 0 Å². The highest BCUT2D eigenvalue weighted by Gasteiger charge is 2.27. The topological polar surface area (TPSA) is 49.3 Å². The summed E-state index contributed by atoms with van der Waals surface area (Å²) in [6, 6.07) is 8.43. The predicted octanol–water partition coefficient (Wildman–Crippen LogP) is 2.76. The van der Waals surface area contributed by atoms with Gasteiger partial charge in [-0.2, -0.15) is 0 Å². The predicted molar refractivity (Wildman–Crippen MR) is 69.0 cm³/mol. The molecular formula is C14H21NO2. The molecule has 0 aliphatic heterocycles. The van der Waals surface area contributed by atoms with Crippen LogP contribution in [-0.4, -0.2) is 17.6 Å². The fourth-order valence-electron chi connectivity index (χ4n) is 1.46. The Morgan fingerprint density at radius 1 is 1.35 bits per heavy atom. The molecule has 0 aromatic heterocycles. The van der Waals surface area contributed by atoms with Crippen molar-refractivity contribution in [2.45, 2.75) is 33.7 Å². The van der Waals surface area contributed by atoms with Gasteiger partial charge in [-0.05, 0) is 33.3 Å². The Labute approximate surface area is 103 Å². The minimum absolute atomic E-state index is 0.161. The zero-order valence-corrected chi connectivity index (χ0v) is 10.9. The van der Waals surface area contributed by atoms with Gasteiger partial charge >= 0.3 is 5.97 Å². The van der Waals surface area contributed by atoms with E-state index in [1.54, 1.807) is 13.8 Å². The maximum Gasteiger partial charge on any atom is 0.310 e. The average molecular weight is 235 g/mol. The van der Waals surface area contributed by atoms with Crippen LogP contribution in [0, 0.1) is 12.3 Å². The van der Waals surface area contributed by atoms with Crippen LogP contribution in [0.3, 0.4) is 0 Å². The normalized spacial score (nSPS) is 13.4. The Morgan fingerprint density at radius 2 is 1.88 bits per heavy atom. The molecule has 0 heterocycles. The second-order valence-corrected chi connectivity index (χ2v) is 5.20. The molecule has 0 saturated carbocycles. The summed E-state index contributed by atoms with van der Waals surface area (Å²) >= 11 is 0. The Kier molecular flexibility index (Phi) is 4.29. The van der Waals surface area contributed by atoms with Gasteiger partial charge in [0.1, 0.15) is 0 Å². The first-order valence-corrected chi connectivity index (χ1v) is 5.86. The molecular weight excluding hydrogens is 214 g/mol. The summed E-state index contributed by atoms with van der Waals surface area (Å²) in [5, 5.41) is 12.3. The van der Waals surface area contributed by atoms with Gasteiger partial charge in [-0.1, -0.05) is 29.8 Å². The number of aryl methyl sites for hydroxylation is 1. The molecule has 94 valence electrons. The first-order chi connectivity index (χ1) is 7.83. The van der Waals surface area contributed by atoms with Crippen molar-refractivity contribution in [1.82, 2.24) is 5.32 Å². The second kappa shape index (κ2) is 5.32. The third kappa shape index (κ3) is 3.86. The van der Waals surface area contributed by atoms with Crippen LogP contribution in [0.4, 0.5) is 0 Å². The van der Waals surface area contributed by atoms with Gasteiger partial charge in [0.05, 0.1) is 5.41 Å². The number of hydrogen-bond donors (Lipinski definition) is 2. The third-order valence-electron chi connectivity index (χ3n) is 3.01. The van der Waals surface area contributed by atoms with E-state index in [1.807, 2.05) is 6.92 Å². The number of nitrogens with one attached hydrogen (secondary N) is 1. The highest BCUT2D eigenvalue weighted by molar-refractivity contribution is 5.73. The molecule has 17 heavy (non-hydrogen) atoms. The fourth-order valence-corrected chi connectivity index (χ4v) is 1.46. The third-order valence-corrected chi connectivity index (χ3v) is 3.01. The van der Waals surface area contributed by atoms with Gasteiger partial charge in [0, 0.05) is 12.6 Å². The molecule has 0 aliphatic rings. The van der Waals surface area contributed by atoms with E-state index >= 15 is 0 Å². The van der Waals surface area contributed by atoms with Crippen LogP contribution in [0.1, 0.15) is 37.9 Å². The number of carboxylic acids is 1. The van der Waals surface area contributed by atoms with E-state index in [4.69, 9.17) is 5.11 Å². The highest BCUT2D eigenvalue weighted by Crippen LogP contribution is 2.18. The van der Waals surface area contributed by atoms with Gasteiger partial charge in [-0.15, -0.1) is 0 Å². The lowest BCUT2D eigenvalue weighted by atomic mass is 9.93. The van der Waals surface area contributed by atoms with Crippen molar-refractivity contribution in [3.05, 3.63) is 35.4 Å². The highest BCUT2D eigenvalue weighted by atomic mass is 16.4. The number of rotatable bonds is 5. The van der Waals surface area contributed by atoms with E-state index in [-0.39, 0.29) is 6.04 Å². The largest absolute Gasteiger partial charge is 0.481 e. The van der Waals surface area contributed by atoms with Gasteiger partial charge in [0.25, 0.3) is 0 Å². The SMILES string of the molecule is Cc1ccc(C(C)NCC(C)(C)C(=O)O)cc1. The molecule has 1 aromatic carbocycles. The summed E-state index contributed by atoms with van der Waals surface area (Å²) in [5.41, 5.74) is 1.67. The molecule has 0 saturated heterocycles. The number of benzene rings is 1. The van der Waals surface area contributed by atoms with Crippen molar-refractivity contribution >= 4 is 5.97 Å². The molecule has 1 unspecified atom stereocenters. The smallest absolute Gasteiger partial charge is 0.310 e. The van der Waals surface area contributed by atoms with Crippen molar-refractivity contribution in [1.29, 1.82) is 0 Å². The summed E-state index contributed by atoms with van der Waals surface area (Å²) in [6.07, 6.45) is 0. The number of hydrogen-bond acceptors (Lipinski definition) is 2.